The Labute approximate surface area is 149 Å². The summed E-state index contributed by atoms with van der Waals surface area (Å²) < 4.78 is 12.8. The molecule has 4 rings (SSSR count). The van der Waals surface area contributed by atoms with Crippen molar-refractivity contribution >= 4 is 17.5 Å². The predicted octanol–water partition coefficient (Wildman–Crippen LogP) is 2.39. The number of amides is 2. The van der Waals surface area contributed by atoms with E-state index < -0.39 is 6.03 Å². The van der Waals surface area contributed by atoms with Gasteiger partial charge in [0, 0.05) is 30.2 Å². The Hall–Kier alpha value is -3.62. The minimum absolute atomic E-state index is 0.373. The molecule has 0 radical (unpaired) electrons. The summed E-state index contributed by atoms with van der Waals surface area (Å²) in [4.78, 5) is 24.7. The molecule has 2 N–H and O–H groups in total. The molecule has 0 atom stereocenters. The molecule has 1 aliphatic rings. The van der Waals surface area contributed by atoms with Gasteiger partial charge in [-0.1, -0.05) is 0 Å². The summed E-state index contributed by atoms with van der Waals surface area (Å²) >= 11 is 0. The van der Waals surface area contributed by atoms with Gasteiger partial charge in [0.1, 0.15) is 37.0 Å². The molecular formula is C17H16N6O3. The number of aryl methyl sites for hydroxylation is 1. The second-order valence-electron chi connectivity index (χ2n) is 5.54. The summed E-state index contributed by atoms with van der Waals surface area (Å²) in [6, 6.07) is 6.46. The standard InChI is InChI=1S/C17H16N6O3/c1-11-18-4-5-23(11)16-9-15(19-10-20-16)22-17(24)21-12-2-3-13-14(8-12)26-7-6-25-13/h2-5,8-10H,6-7H2,1H3,(H2,19,20,21,22,24). The lowest BCUT2D eigenvalue weighted by Crippen LogP contribution is -2.21. The minimum atomic E-state index is -0.423. The molecule has 0 unspecified atom stereocenters. The molecule has 3 aromatic rings. The zero-order valence-corrected chi connectivity index (χ0v) is 14.0. The summed E-state index contributed by atoms with van der Waals surface area (Å²) in [7, 11) is 0. The van der Waals surface area contributed by atoms with Crippen LogP contribution in [0.25, 0.3) is 5.82 Å². The molecule has 26 heavy (non-hydrogen) atoms. The normalized spacial score (nSPS) is 12.5. The van der Waals surface area contributed by atoms with Crippen molar-refractivity contribution in [2.75, 3.05) is 23.8 Å². The monoisotopic (exact) mass is 352 g/mol. The van der Waals surface area contributed by atoms with E-state index in [-0.39, 0.29) is 0 Å². The fourth-order valence-electron chi connectivity index (χ4n) is 2.57. The lowest BCUT2D eigenvalue weighted by Gasteiger charge is -2.19. The first-order valence-electron chi connectivity index (χ1n) is 7.99. The van der Waals surface area contributed by atoms with Crippen molar-refractivity contribution in [3.05, 3.63) is 48.8 Å². The van der Waals surface area contributed by atoms with Crippen molar-refractivity contribution in [2.24, 2.45) is 0 Å². The molecule has 0 saturated heterocycles. The van der Waals surface area contributed by atoms with Crippen molar-refractivity contribution in [3.8, 4) is 17.3 Å². The van der Waals surface area contributed by atoms with Gasteiger partial charge in [-0.15, -0.1) is 0 Å². The number of ether oxygens (including phenoxy) is 2. The first-order chi connectivity index (χ1) is 12.7. The van der Waals surface area contributed by atoms with E-state index in [0.29, 0.717) is 42.0 Å². The van der Waals surface area contributed by atoms with Gasteiger partial charge >= 0.3 is 6.03 Å². The van der Waals surface area contributed by atoms with Gasteiger partial charge in [0.2, 0.25) is 0 Å². The summed E-state index contributed by atoms with van der Waals surface area (Å²) in [6.07, 6.45) is 4.85. The van der Waals surface area contributed by atoms with Crippen LogP contribution in [-0.2, 0) is 0 Å². The number of nitrogens with zero attached hydrogens (tertiary/aromatic N) is 4. The third-order valence-corrected chi connectivity index (χ3v) is 3.77. The van der Waals surface area contributed by atoms with Crippen LogP contribution in [0.3, 0.4) is 0 Å². The molecule has 3 heterocycles. The first-order valence-corrected chi connectivity index (χ1v) is 7.99. The van der Waals surface area contributed by atoms with Crippen LogP contribution in [-0.4, -0.2) is 38.8 Å². The maximum atomic E-state index is 12.2. The largest absolute Gasteiger partial charge is 0.486 e. The fraction of sp³-hybridized carbons (Fsp3) is 0.176. The second-order valence-corrected chi connectivity index (χ2v) is 5.54. The molecule has 9 nitrogen and oxygen atoms in total. The molecule has 0 spiro atoms. The highest BCUT2D eigenvalue weighted by Gasteiger charge is 2.13. The predicted molar refractivity (Wildman–Crippen MR) is 94.0 cm³/mol. The van der Waals surface area contributed by atoms with Crippen molar-refractivity contribution < 1.29 is 14.3 Å². The van der Waals surface area contributed by atoms with Crippen molar-refractivity contribution in [3.63, 3.8) is 0 Å². The average Bonchev–Trinajstić information content (AvgIpc) is 3.08. The van der Waals surface area contributed by atoms with Crippen LogP contribution in [0.4, 0.5) is 16.3 Å². The van der Waals surface area contributed by atoms with Crippen LogP contribution in [0.1, 0.15) is 5.82 Å². The summed E-state index contributed by atoms with van der Waals surface area (Å²) in [5.74, 6) is 3.05. The summed E-state index contributed by atoms with van der Waals surface area (Å²) in [6.45, 7) is 2.87. The average molecular weight is 352 g/mol. The van der Waals surface area contributed by atoms with Crippen LogP contribution in [0.5, 0.6) is 11.5 Å². The second kappa shape index (κ2) is 6.71. The molecular weight excluding hydrogens is 336 g/mol. The molecule has 0 bridgehead atoms. The number of anilines is 2. The van der Waals surface area contributed by atoms with Crippen molar-refractivity contribution in [1.82, 2.24) is 19.5 Å². The minimum Gasteiger partial charge on any atom is -0.486 e. The highest BCUT2D eigenvalue weighted by atomic mass is 16.6. The van der Waals surface area contributed by atoms with Gasteiger partial charge in [-0.05, 0) is 19.1 Å². The Balaban J connectivity index is 1.46. The molecule has 0 fully saturated rings. The van der Waals surface area contributed by atoms with E-state index >= 15 is 0 Å². The Morgan fingerprint density at radius 2 is 1.92 bits per heavy atom. The number of fused-ring (bicyclic) bond motifs is 1. The third-order valence-electron chi connectivity index (χ3n) is 3.77. The number of hydrogen-bond acceptors (Lipinski definition) is 6. The number of hydrogen-bond donors (Lipinski definition) is 2. The Morgan fingerprint density at radius 1 is 1.08 bits per heavy atom. The summed E-state index contributed by atoms with van der Waals surface area (Å²) in [5, 5.41) is 5.43. The lowest BCUT2D eigenvalue weighted by molar-refractivity contribution is 0.171. The number of urea groups is 1. The topological polar surface area (TPSA) is 103 Å². The van der Waals surface area contributed by atoms with Gasteiger partial charge in [0.15, 0.2) is 11.5 Å². The quantitative estimate of drug-likeness (QED) is 0.750. The molecule has 1 aromatic carbocycles. The zero-order valence-electron chi connectivity index (χ0n) is 14.0. The highest BCUT2D eigenvalue weighted by Crippen LogP contribution is 2.32. The van der Waals surface area contributed by atoms with Crippen molar-refractivity contribution in [2.45, 2.75) is 6.92 Å². The number of rotatable bonds is 3. The lowest BCUT2D eigenvalue weighted by atomic mass is 10.2. The molecule has 2 amide bonds. The first kappa shape index (κ1) is 15.9. The van der Waals surface area contributed by atoms with Gasteiger partial charge in [0.25, 0.3) is 0 Å². The van der Waals surface area contributed by atoms with Gasteiger partial charge in [0.05, 0.1) is 0 Å². The number of nitrogens with one attached hydrogen (secondary N) is 2. The van der Waals surface area contributed by atoms with E-state index in [1.165, 1.54) is 6.33 Å². The Kier molecular flexibility index (Phi) is 4.10. The van der Waals surface area contributed by atoms with Gasteiger partial charge in [-0.25, -0.2) is 19.7 Å². The number of carbonyl (C=O) groups is 1. The number of imidazole rings is 1. The maximum absolute atomic E-state index is 12.2. The number of aromatic nitrogens is 4. The van der Waals surface area contributed by atoms with E-state index in [9.17, 15) is 4.79 Å². The smallest absolute Gasteiger partial charge is 0.324 e. The van der Waals surface area contributed by atoms with E-state index in [0.717, 1.165) is 5.82 Å². The van der Waals surface area contributed by atoms with E-state index in [1.807, 2.05) is 6.92 Å². The van der Waals surface area contributed by atoms with Gasteiger partial charge in [-0.3, -0.25) is 9.88 Å². The zero-order chi connectivity index (χ0) is 17.9. The molecule has 9 heteroatoms. The Bertz CT molecular complexity index is 955. The molecule has 0 aliphatic carbocycles. The number of benzene rings is 1. The van der Waals surface area contributed by atoms with E-state index in [1.54, 1.807) is 41.2 Å². The van der Waals surface area contributed by atoms with Crippen LogP contribution in [0.15, 0.2) is 43.0 Å². The molecule has 132 valence electrons. The summed E-state index contributed by atoms with van der Waals surface area (Å²) in [5.41, 5.74) is 0.589. The van der Waals surface area contributed by atoms with Gasteiger partial charge in [-0.2, -0.15) is 0 Å². The molecule has 2 aromatic heterocycles. The van der Waals surface area contributed by atoms with E-state index in [2.05, 4.69) is 25.6 Å². The third kappa shape index (κ3) is 3.27. The van der Waals surface area contributed by atoms with Crippen molar-refractivity contribution in [1.29, 1.82) is 0 Å². The molecule has 1 aliphatic heterocycles. The van der Waals surface area contributed by atoms with Crippen LogP contribution < -0.4 is 20.1 Å². The van der Waals surface area contributed by atoms with Crippen LogP contribution >= 0.6 is 0 Å². The van der Waals surface area contributed by atoms with E-state index in [4.69, 9.17) is 9.47 Å². The maximum Gasteiger partial charge on any atom is 0.324 e. The van der Waals surface area contributed by atoms with Gasteiger partial charge < -0.3 is 14.8 Å². The van der Waals surface area contributed by atoms with Crippen LogP contribution in [0.2, 0.25) is 0 Å². The van der Waals surface area contributed by atoms with Crippen LogP contribution in [0, 0.1) is 6.92 Å². The Morgan fingerprint density at radius 3 is 2.73 bits per heavy atom. The molecule has 0 saturated carbocycles. The highest BCUT2D eigenvalue weighted by molar-refractivity contribution is 5.99. The number of carbonyl (C=O) groups excluding carboxylic acids is 1. The SMILES string of the molecule is Cc1nccn1-c1cc(NC(=O)Nc2ccc3c(c2)OCCO3)ncn1. The fourth-order valence-corrected chi connectivity index (χ4v) is 2.57.